The molecule has 1 aliphatic carbocycles. The second kappa shape index (κ2) is 39.0. The maximum Gasteiger partial charge on any atom is 0.306 e. The SMILES string of the molecule is CCCCCCCC/C=C\CCCCCCCCCCCCCC(=O)OC[C@H](COP(=O)([O-])OCC[N+](C)(C)C)OC(=O)CCCCCC[C@H]1C(=O)C[C@@H](O)[C@@H]1/C=C/[C@@H](O)CCCCC. The number of carbonyl (C=O) groups excluding carboxylic acids is 3. The van der Waals surface area contributed by atoms with Gasteiger partial charge in [-0.05, 0) is 51.4 Å². The number of nitrogens with zero attached hydrogens (tertiary/aromatic N) is 1. The van der Waals surface area contributed by atoms with Gasteiger partial charge in [-0.15, -0.1) is 0 Å². The third-order valence-corrected chi connectivity index (χ3v) is 13.3. The van der Waals surface area contributed by atoms with Gasteiger partial charge in [0.15, 0.2) is 6.10 Å². The zero-order valence-electron chi connectivity index (χ0n) is 41.9. The number of phosphoric ester groups is 1. The minimum absolute atomic E-state index is 0.0427. The maximum atomic E-state index is 12.9. The molecule has 65 heavy (non-hydrogen) atoms. The average molecular weight is 942 g/mol. The number of hydrogen-bond donors (Lipinski definition) is 2. The van der Waals surface area contributed by atoms with Crippen LogP contribution in [-0.4, -0.2) is 98.2 Å². The monoisotopic (exact) mass is 942 g/mol. The zero-order chi connectivity index (χ0) is 48.0. The van der Waals surface area contributed by atoms with Gasteiger partial charge < -0.3 is 38.1 Å². The number of likely N-dealkylation sites (N-methyl/N-ethyl adjacent to an activating group) is 1. The standard InChI is InChI=1S/C52H96NO11P/c1-6-8-10-11-12-13-14-15-16-17-18-19-20-21-22-23-24-25-26-27-32-36-51(57)61-43-46(44-63-65(59,60)62-41-40-53(3,4)5)64-52(58)37-33-29-28-31-35-47-48(50(56)42-49(47)55)39-38-45(54)34-30-9-7-2/h15-16,38-39,45-48,50,54,56H,6-14,17-37,40-44H2,1-5H3/b16-15-,39-38+/t45-,46+,47+,48+,50+/m0/s1. The van der Waals surface area contributed by atoms with Gasteiger partial charge in [0.25, 0.3) is 7.82 Å². The summed E-state index contributed by atoms with van der Waals surface area (Å²) in [4.78, 5) is 50.6. The first-order valence-electron chi connectivity index (χ1n) is 26.1. The van der Waals surface area contributed by atoms with E-state index in [1.807, 2.05) is 27.2 Å². The molecule has 1 aliphatic rings. The molecule has 1 fully saturated rings. The van der Waals surface area contributed by atoms with Gasteiger partial charge in [-0.25, -0.2) is 0 Å². The number of quaternary nitrogens is 1. The molecule has 0 radical (unpaired) electrons. The van der Waals surface area contributed by atoms with Gasteiger partial charge >= 0.3 is 11.9 Å². The van der Waals surface area contributed by atoms with Crippen molar-refractivity contribution in [3.05, 3.63) is 24.3 Å². The number of carbonyl (C=O) groups is 3. The molecule has 2 N–H and O–H groups in total. The second-order valence-electron chi connectivity index (χ2n) is 19.7. The van der Waals surface area contributed by atoms with Crippen LogP contribution in [0.4, 0.5) is 0 Å². The van der Waals surface area contributed by atoms with E-state index in [0.29, 0.717) is 43.1 Å². The van der Waals surface area contributed by atoms with E-state index in [0.717, 1.165) is 51.4 Å². The summed E-state index contributed by atoms with van der Waals surface area (Å²) in [5.74, 6) is -1.54. The molecule has 0 bridgehead atoms. The fourth-order valence-corrected chi connectivity index (χ4v) is 8.92. The Morgan fingerprint density at radius 3 is 1.80 bits per heavy atom. The summed E-state index contributed by atoms with van der Waals surface area (Å²) in [6.07, 6.45) is 36.7. The number of aliphatic hydroxyl groups is 2. The zero-order valence-corrected chi connectivity index (χ0v) is 42.8. The second-order valence-corrected chi connectivity index (χ2v) is 21.1. The third-order valence-electron chi connectivity index (χ3n) is 12.3. The molecule has 0 spiro atoms. The van der Waals surface area contributed by atoms with Gasteiger partial charge in [-0.2, -0.15) is 0 Å². The van der Waals surface area contributed by atoms with Crippen LogP contribution in [0.1, 0.15) is 213 Å². The molecule has 0 aromatic rings. The van der Waals surface area contributed by atoms with E-state index >= 15 is 0 Å². The molecular formula is C52H96NO11P. The van der Waals surface area contributed by atoms with Gasteiger partial charge in [0.2, 0.25) is 0 Å². The maximum absolute atomic E-state index is 12.9. The number of hydrogen-bond acceptors (Lipinski definition) is 11. The van der Waals surface area contributed by atoms with E-state index in [-0.39, 0.29) is 50.1 Å². The molecule has 0 heterocycles. The number of esters is 2. The Morgan fingerprint density at radius 2 is 1.23 bits per heavy atom. The molecule has 1 unspecified atom stereocenters. The Bertz CT molecular complexity index is 1320. The van der Waals surface area contributed by atoms with Crippen molar-refractivity contribution in [3.8, 4) is 0 Å². The molecule has 12 nitrogen and oxygen atoms in total. The lowest BCUT2D eigenvalue weighted by atomic mass is 9.88. The van der Waals surface area contributed by atoms with E-state index in [9.17, 15) is 34.1 Å². The number of phosphoric acid groups is 1. The lowest BCUT2D eigenvalue weighted by Gasteiger charge is -2.28. The lowest BCUT2D eigenvalue weighted by Crippen LogP contribution is -2.37. The first-order valence-corrected chi connectivity index (χ1v) is 27.6. The first-order chi connectivity index (χ1) is 31.2. The summed E-state index contributed by atoms with van der Waals surface area (Å²) >= 11 is 0. The Hall–Kier alpha value is -1.92. The average Bonchev–Trinajstić information content (AvgIpc) is 3.52. The van der Waals surface area contributed by atoms with Crippen molar-refractivity contribution in [1.82, 2.24) is 0 Å². The van der Waals surface area contributed by atoms with Gasteiger partial charge in [-0.1, -0.05) is 167 Å². The highest BCUT2D eigenvalue weighted by Crippen LogP contribution is 2.38. The highest BCUT2D eigenvalue weighted by Gasteiger charge is 2.39. The number of Topliss-reactive ketones (excluding diaryl/α,β-unsaturated/α-hetero) is 1. The number of aliphatic hydroxyl groups excluding tert-OH is 2. The molecule has 0 aromatic heterocycles. The van der Waals surface area contributed by atoms with Gasteiger partial charge in [0, 0.05) is 31.1 Å². The van der Waals surface area contributed by atoms with Gasteiger partial charge in [0.1, 0.15) is 25.5 Å². The topological polar surface area (TPSA) is 169 Å². The van der Waals surface area contributed by atoms with E-state index in [2.05, 4.69) is 26.0 Å². The van der Waals surface area contributed by atoms with E-state index in [1.165, 1.54) is 96.3 Å². The number of ketones is 1. The predicted molar refractivity (Wildman–Crippen MR) is 260 cm³/mol. The lowest BCUT2D eigenvalue weighted by molar-refractivity contribution is -0.870. The number of ether oxygens (including phenoxy) is 2. The Kier molecular flexibility index (Phi) is 36.6. The van der Waals surface area contributed by atoms with Crippen molar-refractivity contribution >= 4 is 25.5 Å². The molecule has 6 atom stereocenters. The normalized spacial score (nSPS) is 18.7. The summed E-state index contributed by atoms with van der Waals surface area (Å²) in [5, 5.41) is 20.8. The Labute approximate surface area is 396 Å². The summed E-state index contributed by atoms with van der Waals surface area (Å²) in [7, 11) is 1.02. The minimum Gasteiger partial charge on any atom is -0.756 e. The summed E-state index contributed by atoms with van der Waals surface area (Å²) < 4.78 is 34.0. The third kappa shape index (κ3) is 35.8. The molecular weight excluding hydrogens is 846 g/mol. The highest BCUT2D eigenvalue weighted by molar-refractivity contribution is 7.45. The highest BCUT2D eigenvalue weighted by atomic mass is 31.2. The quantitative estimate of drug-likeness (QED) is 0.0196. The summed E-state index contributed by atoms with van der Waals surface area (Å²) in [5.41, 5.74) is 0. The van der Waals surface area contributed by atoms with Gasteiger partial charge in [0.05, 0.1) is 40.0 Å². The fraction of sp³-hybridized carbons (Fsp3) is 0.865. The van der Waals surface area contributed by atoms with Crippen LogP contribution in [0.25, 0.3) is 0 Å². The molecule has 380 valence electrons. The molecule has 0 aromatic carbocycles. The molecule has 1 rings (SSSR count). The predicted octanol–water partition coefficient (Wildman–Crippen LogP) is 11.4. The van der Waals surface area contributed by atoms with Crippen molar-refractivity contribution in [2.24, 2.45) is 11.8 Å². The van der Waals surface area contributed by atoms with Crippen LogP contribution in [0.15, 0.2) is 24.3 Å². The summed E-state index contributed by atoms with van der Waals surface area (Å²) in [6.45, 7) is 3.87. The van der Waals surface area contributed by atoms with Crippen LogP contribution in [-0.2, 0) is 37.5 Å². The minimum atomic E-state index is -4.70. The van der Waals surface area contributed by atoms with Crippen molar-refractivity contribution in [2.45, 2.75) is 231 Å². The smallest absolute Gasteiger partial charge is 0.306 e. The Balaban J connectivity index is 2.36. The van der Waals surface area contributed by atoms with Crippen LogP contribution in [0.2, 0.25) is 0 Å². The van der Waals surface area contributed by atoms with E-state index in [4.69, 9.17) is 18.5 Å². The molecule has 13 heteroatoms. The van der Waals surface area contributed by atoms with Crippen molar-refractivity contribution in [1.29, 1.82) is 0 Å². The van der Waals surface area contributed by atoms with Crippen LogP contribution in [0.3, 0.4) is 0 Å². The van der Waals surface area contributed by atoms with Crippen molar-refractivity contribution in [3.63, 3.8) is 0 Å². The molecule has 0 aliphatic heterocycles. The van der Waals surface area contributed by atoms with Crippen molar-refractivity contribution < 1.29 is 57.1 Å². The molecule has 0 saturated heterocycles. The largest absolute Gasteiger partial charge is 0.756 e. The molecule has 0 amide bonds. The molecule has 1 saturated carbocycles. The van der Waals surface area contributed by atoms with Crippen LogP contribution in [0.5, 0.6) is 0 Å². The van der Waals surface area contributed by atoms with Crippen LogP contribution < -0.4 is 4.89 Å². The number of rotatable bonds is 44. The number of unbranched alkanes of at least 4 members (excludes halogenated alkanes) is 22. The van der Waals surface area contributed by atoms with E-state index < -0.39 is 44.7 Å². The van der Waals surface area contributed by atoms with Gasteiger partial charge in [-0.3, -0.25) is 18.9 Å². The Morgan fingerprint density at radius 1 is 0.723 bits per heavy atom. The van der Waals surface area contributed by atoms with Crippen molar-refractivity contribution in [2.75, 3.05) is 47.5 Å². The summed E-state index contributed by atoms with van der Waals surface area (Å²) in [6, 6.07) is 0. The van der Waals surface area contributed by atoms with E-state index in [1.54, 1.807) is 6.08 Å². The first kappa shape index (κ1) is 61.1. The van der Waals surface area contributed by atoms with Crippen LogP contribution in [0, 0.1) is 11.8 Å². The number of allylic oxidation sites excluding steroid dienone is 2. The fourth-order valence-electron chi connectivity index (χ4n) is 8.19. The van der Waals surface area contributed by atoms with Crippen LogP contribution >= 0.6 is 7.82 Å².